The quantitative estimate of drug-likeness (QED) is 0.602. The maximum atomic E-state index is 9.14. The van der Waals surface area contributed by atoms with Gasteiger partial charge in [-0.25, -0.2) is 0 Å². The summed E-state index contributed by atoms with van der Waals surface area (Å²) in [7, 11) is 4.09. The molecule has 1 aliphatic heterocycles. The summed E-state index contributed by atoms with van der Waals surface area (Å²) in [5.41, 5.74) is 0. The van der Waals surface area contributed by atoms with Gasteiger partial charge in [-0.2, -0.15) is 0 Å². The Morgan fingerprint density at radius 1 is 1.36 bits per heavy atom. The van der Waals surface area contributed by atoms with Gasteiger partial charge in [0.15, 0.2) is 6.29 Å². The monoisotopic (exact) mass is 159 g/mol. The number of aliphatic hydroxyl groups is 1. The van der Waals surface area contributed by atoms with E-state index in [1.807, 2.05) is 21.0 Å². The summed E-state index contributed by atoms with van der Waals surface area (Å²) in [5.74, 6) is 0. The minimum atomic E-state index is -0.541. The molecule has 11 heavy (non-hydrogen) atoms. The highest BCUT2D eigenvalue weighted by atomic mass is 16.6. The van der Waals surface area contributed by atoms with Crippen molar-refractivity contribution < 1.29 is 9.84 Å². The number of aliphatic hydroxyl groups excluding tert-OH is 1. The molecule has 1 N–H and O–H groups in total. The number of hydrogen-bond donors (Lipinski definition) is 1. The predicted molar refractivity (Wildman–Crippen MR) is 43.3 cm³/mol. The Morgan fingerprint density at radius 3 is 2.45 bits per heavy atom. The van der Waals surface area contributed by atoms with Crippen molar-refractivity contribution in [1.82, 2.24) is 4.90 Å². The smallest absolute Gasteiger partial charge is 0.155 e. The van der Waals surface area contributed by atoms with Crippen LogP contribution in [-0.2, 0) is 4.74 Å². The summed E-state index contributed by atoms with van der Waals surface area (Å²) < 4.78 is 5.27. The molecule has 1 fully saturated rings. The molecule has 0 aliphatic carbocycles. The molecule has 1 rings (SSSR count). The lowest BCUT2D eigenvalue weighted by Gasteiger charge is -2.36. The fourth-order valence-corrected chi connectivity index (χ4v) is 1.63. The first-order valence-electron chi connectivity index (χ1n) is 4.11. The first-order chi connectivity index (χ1) is 5.11. The third kappa shape index (κ3) is 2.15. The van der Waals surface area contributed by atoms with Crippen molar-refractivity contribution in [2.75, 3.05) is 14.1 Å². The van der Waals surface area contributed by atoms with Crippen molar-refractivity contribution in [2.45, 2.75) is 38.2 Å². The van der Waals surface area contributed by atoms with Crippen LogP contribution in [-0.4, -0.2) is 42.5 Å². The van der Waals surface area contributed by atoms with Gasteiger partial charge in [-0.15, -0.1) is 0 Å². The van der Waals surface area contributed by atoms with Crippen LogP contribution in [0.3, 0.4) is 0 Å². The molecule has 1 heterocycles. The van der Waals surface area contributed by atoms with Gasteiger partial charge in [-0.3, -0.25) is 0 Å². The molecule has 0 spiro atoms. The van der Waals surface area contributed by atoms with Crippen molar-refractivity contribution in [3.05, 3.63) is 0 Å². The van der Waals surface area contributed by atoms with E-state index in [9.17, 15) is 0 Å². The molecule has 3 heteroatoms. The molecule has 1 aliphatic rings. The zero-order chi connectivity index (χ0) is 8.43. The van der Waals surface area contributed by atoms with E-state index in [1.54, 1.807) is 0 Å². The predicted octanol–water partition coefficient (Wildman–Crippen LogP) is 0.434. The topological polar surface area (TPSA) is 32.7 Å². The zero-order valence-corrected chi connectivity index (χ0v) is 7.45. The van der Waals surface area contributed by atoms with Crippen LogP contribution < -0.4 is 0 Å². The van der Waals surface area contributed by atoms with Gasteiger partial charge < -0.3 is 14.7 Å². The molecule has 0 bridgehead atoms. The molecular formula is C8H17NO2. The number of likely N-dealkylation sites (N-methyl/N-ethyl adjacent to an activating group) is 1. The first-order valence-corrected chi connectivity index (χ1v) is 4.11. The van der Waals surface area contributed by atoms with Gasteiger partial charge >= 0.3 is 0 Å². The molecule has 0 aromatic rings. The van der Waals surface area contributed by atoms with Gasteiger partial charge in [0.25, 0.3) is 0 Å². The minimum Gasteiger partial charge on any atom is -0.368 e. The highest BCUT2D eigenvalue weighted by Gasteiger charge is 2.27. The van der Waals surface area contributed by atoms with E-state index >= 15 is 0 Å². The number of hydrogen-bond acceptors (Lipinski definition) is 3. The zero-order valence-electron chi connectivity index (χ0n) is 7.45. The van der Waals surface area contributed by atoms with Crippen molar-refractivity contribution >= 4 is 0 Å². The average molecular weight is 159 g/mol. The van der Waals surface area contributed by atoms with E-state index in [4.69, 9.17) is 9.84 Å². The molecule has 0 aromatic carbocycles. The Kier molecular flexibility index (Phi) is 2.87. The Bertz CT molecular complexity index is 127. The van der Waals surface area contributed by atoms with Gasteiger partial charge in [0.05, 0.1) is 6.10 Å². The molecule has 3 nitrogen and oxygen atoms in total. The lowest BCUT2D eigenvalue weighted by Crippen LogP contribution is -2.44. The van der Waals surface area contributed by atoms with Crippen LogP contribution in [0.4, 0.5) is 0 Å². The normalized spacial score (nSPS) is 39.5. The maximum absolute atomic E-state index is 9.14. The molecule has 0 radical (unpaired) electrons. The molecule has 0 amide bonds. The fraction of sp³-hybridized carbons (Fsp3) is 1.00. The van der Waals surface area contributed by atoms with Crippen LogP contribution >= 0.6 is 0 Å². The SMILES string of the molecule is C[C@H]1OC(O)CC[C@@H]1N(C)C. The molecule has 1 unspecified atom stereocenters. The van der Waals surface area contributed by atoms with E-state index < -0.39 is 6.29 Å². The van der Waals surface area contributed by atoms with Crippen molar-refractivity contribution in [3.63, 3.8) is 0 Å². The van der Waals surface area contributed by atoms with Crippen molar-refractivity contribution in [1.29, 1.82) is 0 Å². The van der Waals surface area contributed by atoms with E-state index in [-0.39, 0.29) is 6.10 Å². The standard InChI is InChI=1S/C8H17NO2/c1-6-7(9(2)3)4-5-8(10)11-6/h6-8,10H,4-5H2,1-3H3/t6-,7+,8?/m1/s1. The lowest BCUT2D eigenvalue weighted by molar-refractivity contribution is -0.177. The number of nitrogens with zero attached hydrogens (tertiary/aromatic N) is 1. The van der Waals surface area contributed by atoms with Crippen LogP contribution in [0, 0.1) is 0 Å². The van der Waals surface area contributed by atoms with E-state index in [1.165, 1.54) is 0 Å². The summed E-state index contributed by atoms with van der Waals surface area (Å²) in [6.07, 6.45) is 1.39. The van der Waals surface area contributed by atoms with Crippen LogP contribution in [0.1, 0.15) is 19.8 Å². The van der Waals surface area contributed by atoms with Gasteiger partial charge in [0.2, 0.25) is 0 Å². The Labute approximate surface area is 68.0 Å². The average Bonchev–Trinajstić information content (AvgIpc) is 1.85. The number of rotatable bonds is 1. The van der Waals surface area contributed by atoms with Crippen molar-refractivity contribution in [2.24, 2.45) is 0 Å². The largest absolute Gasteiger partial charge is 0.368 e. The molecule has 0 saturated carbocycles. The second kappa shape index (κ2) is 3.52. The molecular weight excluding hydrogens is 142 g/mol. The molecule has 1 saturated heterocycles. The van der Waals surface area contributed by atoms with Crippen LogP contribution in [0.2, 0.25) is 0 Å². The summed E-state index contributed by atoms with van der Waals surface area (Å²) in [4.78, 5) is 2.15. The molecule has 0 aromatic heterocycles. The van der Waals surface area contributed by atoms with E-state index in [0.29, 0.717) is 6.04 Å². The van der Waals surface area contributed by atoms with Gasteiger partial charge in [-0.1, -0.05) is 0 Å². The highest BCUT2D eigenvalue weighted by molar-refractivity contribution is 4.77. The lowest BCUT2D eigenvalue weighted by atomic mass is 10.0. The van der Waals surface area contributed by atoms with Crippen LogP contribution in [0.5, 0.6) is 0 Å². The Morgan fingerprint density at radius 2 is 2.00 bits per heavy atom. The third-order valence-corrected chi connectivity index (χ3v) is 2.29. The van der Waals surface area contributed by atoms with Crippen LogP contribution in [0.25, 0.3) is 0 Å². The summed E-state index contributed by atoms with van der Waals surface area (Å²) in [5, 5.41) is 9.14. The summed E-state index contributed by atoms with van der Waals surface area (Å²) in [6, 6.07) is 0.457. The van der Waals surface area contributed by atoms with Gasteiger partial charge in [-0.05, 0) is 33.9 Å². The Hall–Kier alpha value is -0.120. The minimum absolute atomic E-state index is 0.147. The summed E-state index contributed by atoms with van der Waals surface area (Å²) in [6.45, 7) is 2.01. The van der Waals surface area contributed by atoms with E-state index in [0.717, 1.165) is 12.8 Å². The third-order valence-electron chi connectivity index (χ3n) is 2.29. The van der Waals surface area contributed by atoms with Gasteiger partial charge in [0.1, 0.15) is 0 Å². The first kappa shape index (κ1) is 8.97. The fourth-order valence-electron chi connectivity index (χ4n) is 1.63. The Balaban J connectivity index is 2.44. The van der Waals surface area contributed by atoms with Gasteiger partial charge in [0, 0.05) is 6.04 Å². The maximum Gasteiger partial charge on any atom is 0.155 e. The second-order valence-electron chi connectivity index (χ2n) is 3.40. The molecule has 66 valence electrons. The second-order valence-corrected chi connectivity index (χ2v) is 3.40. The van der Waals surface area contributed by atoms with Crippen molar-refractivity contribution in [3.8, 4) is 0 Å². The molecule has 3 atom stereocenters. The highest BCUT2D eigenvalue weighted by Crippen LogP contribution is 2.20. The number of ether oxygens (including phenoxy) is 1. The summed E-state index contributed by atoms with van der Waals surface area (Å²) >= 11 is 0. The van der Waals surface area contributed by atoms with E-state index in [2.05, 4.69) is 4.90 Å². The van der Waals surface area contributed by atoms with Crippen LogP contribution in [0.15, 0.2) is 0 Å².